The second-order valence-electron chi connectivity index (χ2n) is 4.34. The summed E-state index contributed by atoms with van der Waals surface area (Å²) in [6.45, 7) is 3.08. The number of pyridine rings is 1. The summed E-state index contributed by atoms with van der Waals surface area (Å²) in [5.41, 5.74) is -0.238. The number of hydrogen-bond acceptors (Lipinski definition) is 6. The van der Waals surface area contributed by atoms with Gasteiger partial charge in [-0.1, -0.05) is 6.92 Å². The maximum absolute atomic E-state index is 11.1. The fourth-order valence-electron chi connectivity index (χ4n) is 1.88. The summed E-state index contributed by atoms with van der Waals surface area (Å²) in [5.74, 6) is 0.397. The molecule has 0 unspecified atom stereocenters. The normalized spacial score (nSPS) is 11.7. The van der Waals surface area contributed by atoms with Crippen LogP contribution in [0.1, 0.15) is 12.5 Å². The molecule has 1 aromatic heterocycles. The highest BCUT2D eigenvalue weighted by molar-refractivity contribution is 5.65. The Balaban J connectivity index is 3.06. The van der Waals surface area contributed by atoms with Crippen molar-refractivity contribution in [1.29, 1.82) is 5.26 Å². The topological polar surface area (TPSA) is 92.3 Å². The number of methoxy groups -OCH3 is 1. The van der Waals surface area contributed by atoms with Crippen LogP contribution in [0, 0.1) is 27.4 Å². The van der Waals surface area contributed by atoms with Crippen LogP contribution in [0.25, 0.3) is 0 Å². The number of nitrogens with zero attached hydrogens (tertiary/aromatic N) is 4. The van der Waals surface area contributed by atoms with Gasteiger partial charge in [-0.05, 0) is 12.0 Å². The van der Waals surface area contributed by atoms with Crippen molar-refractivity contribution in [2.45, 2.75) is 6.92 Å². The van der Waals surface area contributed by atoms with Crippen molar-refractivity contribution in [3.05, 3.63) is 27.9 Å². The van der Waals surface area contributed by atoms with Crippen LogP contribution in [0.15, 0.2) is 12.3 Å². The van der Waals surface area contributed by atoms with Crippen molar-refractivity contribution in [3.63, 3.8) is 0 Å². The van der Waals surface area contributed by atoms with E-state index in [0.29, 0.717) is 13.2 Å². The Labute approximate surface area is 111 Å². The molecule has 7 heteroatoms. The number of nitriles is 1. The Morgan fingerprint density at radius 2 is 2.37 bits per heavy atom. The molecule has 7 nitrogen and oxygen atoms in total. The molecule has 0 N–H and O–H groups in total. The molecule has 1 heterocycles. The smallest absolute Gasteiger partial charge is 0.329 e. The number of anilines is 1. The molecule has 0 spiro atoms. The van der Waals surface area contributed by atoms with Crippen LogP contribution in [0.5, 0.6) is 0 Å². The summed E-state index contributed by atoms with van der Waals surface area (Å²) in [7, 11) is 3.32. The second-order valence-corrected chi connectivity index (χ2v) is 4.34. The molecule has 0 amide bonds. The van der Waals surface area contributed by atoms with Crippen LogP contribution in [-0.4, -0.2) is 37.2 Å². The SMILES string of the molecule is COC[C@@H](C)CN(C)c1nccc(C#N)c1[N+](=O)[O-]. The van der Waals surface area contributed by atoms with Gasteiger partial charge in [-0.15, -0.1) is 0 Å². The van der Waals surface area contributed by atoms with Gasteiger partial charge in [0.2, 0.25) is 5.82 Å². The maximum Gasteiger partial charge on any atom is 0.329 e. The molecule has 0 aliphatic heterocycles. The lowest BCUT2D eigenvalue weighted by atomic mass is 10.1. The molecule has 0 aliphatic rings. The Hall–Kier alpha value is -2.20. The van der Waals surface area contributed by atoms with Crippen LogP contribution < -0.4 is 4.90 Å². The molecule has 1 rings (SSSR count). The van der Waals surface area contributed by atoms with Gasteiger partial charge in [0, 0.05) is 26.9 Å². The summed E-state index contributed by atoms with van der Waals surface area (Å²) >= 11 is 0. The molecule has 1 aromatic rings. The van der Waals surface area contributed by atoms with Crippen molar-refractivity contribution < 1.29 is 9.66 Å². The molecule has 19 heavy (non-hydrogen) atoms. The van der Waals surface area contributed by atoms with Gasteiger partial charge in [0.05, 0.1) is 11.5 Å². The van der Waals surface area contributed by atoms with Crippen molar-refractivity contribution in [1.82, 2.24) is 4.98 Å². The van der Waals surface area contributed by atoms with Gasteiger partial charge in [0.15, 0.2) is 0 Å². The molecule has 1 atom stereocenters. The van der Waals surface area contributed by atoms with Crippen LogP contribution >= 0.6 is 0 Å². The number of ether oxygens (including phenoxy) is 1. The number of aromatic nitrogens is 1. The summed E-state index contributed by atoms with van der Waals surface area (Å²) in [4.78, 5) is 16.2. The van der Waals surface area contributed by atoms with Crippen LogP contribution in [0.2, 0.25) is 0 Å². The lowest BCUT2D eigenvalue weighted by Gasteiger charge is -2.21. The van der Waals surface area contributed by atoms with Gasteiger partial charge in [-0.2, -0.15) is 5.26 Å². The zero-order valence-corrected chi connectivity index (χ0v) is 11.2. The first kappa shape index (κ1) is 14.9. The van der Waals surface area contributed by atoms with Gasteiger partial charge >= 0.3 is 5.69 Å². The van der Waals surface area contributed by atoms with E-state index in [2.05, 4.69) is 4.98 Å². The zero-order valence-electron chi connectivity index (χ0n) is 11.2. The third kappa shape index (κ3) is 3.63. The molecule has 0 aromatic carbocycles. The minimum Gasteiger partial charge on any atom is -0.384 e. The molecule has 102 valence electrons. The van der Waals surface area contributed by atoms with E-state index in [9.17, 15) is 10.1 Å². The molecule has 0 bridgehead atoms. The highest BCUT2D eigenvalue weighted by Gasteiger charge is 2.24. The van der Waals surface area contributed by atoms with E-state index in [1.54, 1.807) is 19.1 Å². The first-order valence-corrected chi connectivity index (χ1v) is 5.74. The molecule has 0 fully saturated rings. The van der Waals surface area contributed by atoms with E-state index >= 15 is 0 Å². The first-order chi connectivity index (χ1) is 9.01. The van der Waals surface area contributed by atoms with Gasteiger partial charge in [-0.25, -0.2) is 4.98 Å². The summed E-state index contributed by atoms with van der Waals surface area (Å²) < 4.78 is 5.03. The Morgan fingerprint density at radius 3 is 2.89 bits per heavy atom. The lowest BCUT2D eigenvalue weighted by molar-refractivity contribution is -0.384. The number of rotatable bonds is 6. The average molecular weight is 264 g/mol. The molecule has 0 aliphatic carbocycles. The van der Waals surface area contributed by atoms with Crippen molar-refractivity contribution in [3.8, 4) is 6.07 Å². The van der Waals surface area contributed by atoms with E-state index in [-0.39, 0.29) is 23.0 Å². The van der Waals surface area contributed by atoms with E-state index in [1.807, 2.05) is 13.0 Å². The van der Waals surface area contributed by atoms with Crippen LogP contribution in [0.3, 0.4) is 0 Å². The first-order valence-electron chi connectivity index (χ1n) is 5.74. The minimum atomic E-state index is -0.571. The Kier molecular flexibility index (Phi) is 5.21. The molecular weight excluding hydrogens is 248 g/mol. The number of hydrogen-bond donors (Lipinski definition) is 0. The summed E-state index contributed by atoms with van der Waals surface area (Å²) in [6.07, 6.45) is 1.40. The van der Waals surface area contributed by atoms with Crippen LogP contribution in [0.4, 0.5) is 11.5 Å². The monoisotopic (exact) mass is 264 g/mol. The van der Waals surface area contributed by atoms with Crippen molar-refractivity contribution in [2.75, 3.05) is 32.2 Å². The predicted octanol–water partition coefficient (Wildman–Crippen LogP) is 1.58. The van der Waals surface area contributed by atoms with E-state index in [1.165, 1.54) is 12.3 Å². The zero-order chi connectivity index (χ0) is 14.4. The van der Waals surface area contributed by atoms with Gasteiger partial charge in [-0.3, -0.25) is 10.1 Å². The largest absolute Gasteiger partial charge is 0.384 e. The quantitative estimate of drug-likeness (QED) is 0.572. The fourth-order valence-corrected chi connectivity index (χ4v) is 1.88. The standard InChI is InChI=1S/C12H16N4O3/c1-9(8-19-3)7-15(2)12-11(16(17)18)10(6-13)4-5-14-12/h4-5,9H,7-8H2,1-3H3/t9-/m0/s1. The predicted molar refractivity (Wildman–Crippen MR) is 69.9 cm³/mol. The summed E-state index contributed by atoms with van der Waals surface area (Å²) in [5, 5.41) is 20.0. The molecule has 0 radical (unpaired) electrons. The number of nitro groups is 1. The van der Waals surface area contributed by atoms with Gasteiger partial charge < -0.3 is 9.64 Å². The highest BCUT2D eigenvalue weighted by Crippen LogP contribution is 2.28. The minimum absolute atomic E-state index is 0.0150. The maximum atomic E-state index is 11.1. The summed E-state index contributed by atoms with van der Waals surface area (Å²) in [6, 6.07) is 3.16. The third-order valence-electron chi connectivity index (χ3n) is 2.61. The molecule has 0 saturated carbocycles. The van der Waals surface area contributed by atoms with Crippen molar-refractivity contribution in [2.24, 2.45) is 5.92 Å². The van der Waals surface area contributed by atoms with E-state index < -0.39 is 4.92 Å². The molecule has 0 saturated heterocycles. The highest BCUT2D eigenvalue weighted by atomic mass is 16.6. The van der Waals surface area contributed by atoms with E-state index in [4.69, 9.17) is 10.00 Å². The van der Waals surface area contributed by atoms with Gasteiger partial charge in [0.25, 0.3) is 0 Å². The lowest BCUT2D eigenvalue weighted by Crippen LogP contribution is -2.27. The van der Waals surface area contributed by atoms with Gasteiger partial charge in [0.1, 0.15) is 11.6 Å². The fraction of sp³-hybridized carbons (Fsp3) is 0.500. The van der Waals surface area contributed by atoms with Crippen LogP contribution in [-0.2, 0) is 4.74 Å². The average Bonchev–Trinajstić information content (AvgIpc) is 2.37. The third-order valence-corrected chi connectivity index (χ3v) is 2.61. The molecular formula is C12H16N4O3. The van der Waals surface area contributed by atoms with E-state index in [0.717, 1.165) is 0 Å². The van der Waals surface area contributed by atoms with Crippen molar-refractivity contribution >= 4 is 11.5 Å². The Bertz CT molecular complexity index is 498. The Morgan fingerprint density at radius 1 is 1.68 bits per heavy atom. The second kappa shape index (κ2) is 6.66.